The maximum Gasteiger partial charge on any atom is 0.329 e. The van der Waals surface area contributed by atoms with Crippen LogP contribution < -0.4 is 10.7 Å². The molecule has 0 saturated carbocycles. The van der Waals surface area contributed by atoms with Crippen LogP contribution in [0.5, 0.6) is 0 Å². The Bertz CT molecular complexity index is 777. The molecule has 1 atom stereocenters. The Morgan fingerprint density at radius 3 is 2.57 bits per heavy atom. The molecule has 2 nitrogen and oxygen atoms in total. The first-order chi connectivity index (χ1) is 10.3. The number of fused-ring (bicyclic) bond motifs is 2. The molecular weight excluding hydrogens is 276 g/mol. The molecule has 0 spiro atoms. The summed E-state index contributed by atoms with van der Waals surface area (Å²) in [4.78, 5) is 4.81. The number of H-pyrrole nitrogens is 1. The van der Waals surface area contributed by atoms with Gasteiger partial charge in [0, 0.05) is 0 Å². The van der Waals surface area contributed by atoms with Gasteiger partial charge in [-0.1, -0.05) is 65.9 Å². The van der Waals surface area contributed by atoms with Crippen LogP contribution in [0.3, 0.4) is 0 Å². The molecule has 0 bridgehead atoms. The van der Waals surface area contributed by atoms with Gasteiger partial charge in [0.1, 0.15) is 5.69 Å². The first kappa shape index (κ1) is 12.6. The molecule has 3 heteroatoms. The molecule has 2 aromatic carbocycles. The van der Waals surface area contributed by atoms with E-state index >= 15 is 0 Å². The second kappa shape index (κ2) is 5.01. The minimum atomic E-state index is 0.258. The van der Waals surface area contributed by atoms with Crippen molar-refractivity contribution >= 4 is 16.5 Å². The van der Waals surface area contributed by atoms with E-state index in [4.69, 9.17) is 5.73 Å². The van der Waals surface area contributed by atoms with Gasteiger partial charge in [0.2, 0.25) is 0 Å². The predicted molar refractivity (Wildman–Crippen MR) is 86.5 cm³/mol. The molecule has 3 aromatic rings. The van der Waals surface area contributed by atoms with Crippen molar-refractivity contribution in [2.75, 3.05) is 5.73 Å². The summed E-state index contributed by atoms with van der Waals surface area (Å²) in [5.74, 6) is 0.258. The number of nitrogens with one attached hydrogen (secondary N) is 1. The molecule has 0 aliphatic heterocycles. The molecule has 1 unspecified atom stereocenters. The van der Waals surface area contributed by atoms with Crippen molar-refractivity contribution in [1.29, 1.82) is 0 Å². The molecular formula is C18H17N2S+. The Kier molecular flexibility index (Phi) is 3.00. The van der Waals surface area contributed by atoms with Crippen LogP contribution in [0.1, 0.15) is 33.2 Å². The molecule has 3 N–H and O–H groups in total. The summed E-state index contributed by atoms with van der Waals surface area (Å²) in [5.41, 5.74) is 11.5. The summed E-state index contributed by atoms with van der Waals surface area (Å²) in [6, 6.07) is 19.5. The van der Waals surface area contributed by atoms with Crippen LogP contribution >= 0.6 is 11.3 Å². The molecule has 1 aliphatic rings. The van der Waals surface area contributed by atoms with Gasteiger partial charge in [-0.25, -0.2) is 4.98 Å². The maximum atomic E-state index is 6.03. The average molecular weight is 293 g/mol. The van der Waals surface area contributed by atoms with Gasteiger partial charge in [0.05, 0.1) is 10.8 Å². The number of nitrogens with two attached hydrogens (primary N) is 1. The Morgan fingerprint density at radius 2 is 1.71 bits per heavy atom. The van der Waals surface area contributed by atoms with Gasteiger partial charge in [-0.05, 0) is 29.5 Å². The number of aromatic amines is 1. The lowest BCUT2D eigenvalue weighted by molar-refractivity contribution is -0.367. The number of rotatable bonds is 1. The van der Waals surface area contributed by atoms with Crippen LogP contribution in [0.4, 0.5) is 5.13 Å². The first-order valence-electron chi connectivity index (χ1n) is 7.26. The van der Waals surface area contributed by atoms with Crippen LogP contribution in [0.2, 0.25) is 0 Å². The largest absolute Gasteiger partial charge is 0.329 e. The lowest BCUT2D eigenvalue weighted by Crippen LogP contribution is -2.17. The second-order valence-corrected chi connectivity index (χ2v) is 6.61. The third-order valence-corrected chi connectivity index (χ3v) is 5.19. The van der Waals surface area contributed by atoms with Gasteiger partial charge in [0.15, 0.2) is 0 Å². The second-order valence-electron chi connectivity index (χ2n) is 5.47. The smallest absolute Gasteiger partial charge is 0.278 e. The Labute approximate surface area is 128 Å². The van der Waals surface area contributed by atoms with E-state index in [2.05, 4.69) is 59.6 Å². The fraction of sp³-hybridized carbons (Fsp3) is 0.167. The highest BCUT2D eigenvalue weighted by atomic mass is 32.1. The number of thiazole rings is 1. The number of hydrogen-bond donors (Lipinski definition) is 1. The summed E-state index contributed by atoms with van der Waals surface area (Å²) in [6.07, 6.45) is 2.15. The van der Waals surface area contributed by atoms with Gasteiger partial charge >= 0.3 is 5.13 Å². The topological polar surface area (TPSA) is 40.2 Å². The van der Waals surface area contributed by atoms with Crippen LogP contribution in [-0.2, 0) is 12.8 Å². The molecule has 0 fully saturated rings. The van der Waals surface area contributed by atoms with E-state index in [1.807, 2.05) is 0 Å². The van der Waals surface area contributed by atoms with E-state index in [1.54, 1.807) is 11.3 Å². The summed E-state index contributed by atoms with van der Waals surface area (Å²) in [7, 11) is 0. The monoisotopic (exact) mass is 293 g/mol. The average Bonchev–Trinajstić information content (AvgIpc) is 2.81. The van der Waals surface area contributed by atoms with Crippen LogP contribution in [0.15, 0.2) is 54.6 Å². The van der Waals surface area contributed by atoms with Gasteiger partial charge < -0.3 is 0 Å². The minimum absolute atomic E-state index is 0.258. The fourth-order valence-corrected chi connectivity index (χ4v) is 4.18. The highest BCUT2D eigenvalue weighted by Gasteiger charge is 2.30. The summed E-state index contributed by atoms with van der Waals surface area (Å²) in [6.45, 7) is 0. The number of anilines is 1. The van der Waals surface area contributed by atoms with Gasteiger partial charge in [-0.3, -0.25) is 5.73 Å². The normalized spacial score (nSPS) is 16.9. The molecule has 104 valence electrons. The standard InChI is InChI=1S/C18H16N2S/c19-18-20-17-15(21-18)11-10-12-6-4-5-9-14(12)16(17)13-7-2-1-3-8-13/h1-9,16H,10-11H2,(H2,19,20)/p+1. The summed E-state index contributed by atoms with van der Waals surface area (Å²) < 4.78 is 0. The number of nitrogen functional groups attached to an aromatic ring is 1. The van der Waals surface area contributed by atoms with Gasteiger partial charge in [0.25, 0.3) is 0 Å². The quantitative estimate of drug-likeness (QED) is 0.733. The molecule has 21 heavy (non-hydrogen) atoms. The molecule has 4 rings (SSSR count). The zero-order valence-corrected chi connectivity index (χ0v) is 12.5. The maximum absolute atomic E-state index is 6.03. The number of hydrogen-bond acceptors (Lipinski definition) is 2. The lowest BCUT2D eigenvalue weighted by atomic mass is 9.86. The van der Waals surface area contributed by atoms with Crippen molar-refractivity contribution in [1.82, 2.24) is 0 Å². The van der Waals surface area contributed by atoms with E-state index in [-0.39, 0.29) is 5.92 Å². The highest BCUT2D eigenvalue weighted by Crippen LogP contribution is 2.39. The van der Waals surface area contributed by atoms with Gasteiger partial charge in [-0.2, -0.15) is 0 Å². The SMILES string of the molecule is Nc1[nH+]c2c(s1)CCc1ccccc1C2c1ccccc1. The zero-order chi connectivity index (χ0) is 14.2. The molecule has 1 aliphatic carbocycles. The van der Waals surface area contributed by atoms with Crippen LogP contribution in [0.25, 0.3) is 0 Å². The van der Waals surface area contributed by atoms with E-state index in [1.165, 1.54) is 27.3 Å². The Hall–Kier alpha value is -2.13. The van der Waals surface area contributed by atoms with Crippen molar-refractivity contribution in [3.05, 3.63) is 81.9 Å². The third-order valence-electron chi connectivity index (χ3n) is 4.20. The lowest BCUT2D eigenvalue weighted by Gasteiger charge is -2.16. The summed E-state index contributed by atoms with van der Waals surface area (Å²) >= 11 is 1.69. The minimum Gasteiger partial charge on any atom is -0.278 e. The van der Waals surface area contributed by atoms with Crippen molar-refractivity contribution < 1.29 is 4.98 Å². The van der Waals surface area contributed by atoms with E-state index in [0.717, 1.165) is 18.0 Å². The molecule has 0 radical (unpaired) electrons. The fourth-order valence-electron chi connectivity index (χ4n) is 3.27. The van der Waals surface area contributed by atoms with Crippen molar-refractivity contribution in [2.24, 2.45) is 0 Å². The third kappa shape index (κ3) is 2.14. The van der Waals surface area contributed by atoms with Crippen LogP contribution in [0, 0.1) is 0 Å². The number of aryl methyl sites for hydroxylation is 2. The van der Waals surface area contributed by atoms with E-state index in [9.17, 15) is 0 Å². The molecule has 1 aromatic heterocycles. The first-order valence-corrected chi connectivity index (χ1v) is 8.07. The highest BCUT2D eigenvalue weighted by molar-refractivity contribution is 7.15. The van der Waals surface area contributed by atoms with Gasteiger partial charge in [-0.15, -0.1) is 0 Å². The predicted octanol–water partition coefficient (Wildman–Crippen LogP) is 3.42. The zero-order valence-electron chi connectivity index (χ0n) is 11.7. The molecule has 0 saturated heterocycles. The van der Waals surface area contributed by atoms with E-state index in [0.29, 0.717) is 0 Å². The van der Waals surface area contributed by atoms with Crippen molar-refractivity contribution in [3.8, 4) is 0 Å². The van der Waals surface area contributed by atoms with E-state index < -0.39 is 0 Å². The number of benzene rings is 2. The Balaban J connectivity index is 1.98. The number of aromatic nitrogens is 1. The van der Waals surface area contributed by atoms with Crippen molar-refractivity contribution in [3.63, 3.8) is 0 Å². The summed E-state index contributed by atoms with van der Waals surface area (Å²) in [5, 5.41) is 0.806. The van der Waals surface area contributed by atoms with Crippen LogP contribution in [-0.4, -0.2) is 0 Å². The Morgan fingerprint density at radius 1 is 0.952 bits per heavy atom. The van der Waals surface area contributed by atoms with Crippen molar-refractivity contribution in [2.45, 2.75) is 18.8 Å². The molecule has 1 heterocycles. The molecule has 0 amide bonds.